The van der Waals surface area contributed by atoms with Crippen molar-refractivity contribution in [3.05, 3.63) is 72.9 Å². The fourth-order valence-electron chi connectivity index (χ4n) is 3.09. The van der Waals surface area contributed by atoms with E-state index >= 15 is 0 Å². The van der Waals surface area contributed by atoms with Gasteiger partial charge in [0.15, 0.2) is 0 Å². The molecular formula is C25H27N7O3. The van der Waals surface area contributed by atoms with Gasteiger partial charge < -0.3 is 27.0 Å². The molecule has 1 heterocycles. The van der Waals surface area contributed by atoms with E-state index in [1.54, 1.807) is 42.6 Å². The van der Waals surface area contributed by atoms with E-state index in [0.717, 1.165) is 23.6 Å². The molecule has 0 fully saturated rings. The molecule has 0 radical (unpaired) electrons. The fourth-order valence-corrected chi connectivity index (χ4v) is 3.09. The highest BCUT2D eigenvalue weighted by Crippen LogP contribution is 2.29. The number of nitrogens with two attached hydrogens (primary N) is 1. The zero-order valence-electron chi connectivity index (χ0n) is 19.3. The summed E-state index contributed by atoms with van der Waals surface area (Å²) in [4.78, 5) is 43.7. The van der Waals surface area contributed by atoms with Crippen LogP contribution in [0.25, 0.3) is 11.1 Å². The number of hydrogen-bond donors (Lipinski definition) is 5. The molecule has 0 unspecified atom stereocenters. The molecule has 3 amide bonds. The summed E-state index contributed by atoms with van der Waals surface area (Å²) >= 11 is 0. The predicted molar refractivity (Wildman–Crippen MR) is 136 cm³/mol. The number of primary amides is 1. The van der Waals surface area contributed by atoms with Crippen LogP contribution in [-0.4, -0.2) is 40.8 Å². The Labute approximate surface area is 203 Å². The van der Waals surface area contributed by atoms with Crippen molar-refractivity contribution >= 4 is 40.9 Å². The first kappa shape index (κ1) is 24.9. The van der Waals surface area contributed by atoms with Gasteiger partial charge in [0.25, 0.3) is 0 Å². The Morgan fingerprint density at radius 3 is 2.54 bits per heavy atom. The number of benzene rings is 2. The summed E-state index contributed by atoms with van der Waals surface area (Å²) in [6.45, 7) is 5.94. The molecule has 10 heteroatoms. The van der Waals surface area contributed by atoms with Crippen molar-refractivity contribution in [3.8, 4) is 11.1 Å². The molecule has 0 saturated carbocycles. The lowest BCUT2D eigenvalue weighted by Crippen LogP contribution is -2.31. The number of anilines is 4. The Balaban J connectivity index is 1.81. The molecule has 10 nitrogen and oxygen atoms in total. The molecule has 3 aromatic rings. The van der Waals surface area contributed by atoms with Crippen LogP contribution in [0.5, 0.6) is 0 Å². The number of nitrogens with zero attached hydrogens (tertiary/aromatic N) is 2. The van der Waals surface area contributed by atoms with Gasteiger partial charge in [0.2, 0.25) is 23.7 Å². The maximum absolute atomic E-state index is 12.1. The molecule has 3 rings (SSSR count). The van der Waals surface area contributed by atoms with Crippen molar-refractivity contribution in [1.29, 1.82) is 0 Å². The average molecular weight is 474 g/mol. The van der Waals surface area contributed by atoms with Crippen molar-refractivity contribution in [1.82, 2.24) is 15.3 Å². The van der Waals surface area contributed by atoms with Gasteiger partial charge in [-0.1, -0.05) is 25.6 Å². The predicted octanol–water partition coefficient (Wildman–Crippen LogP) is 3.05. The first-order valence-corrected chi connectivity index (χ1v) is 11.0. The summed E-state index contributed by atoms with van der Waals surface area (Å²) in [5, 5.41) is 11.6. The third kappa shape index (κ3) is 7.13. The van der Waals surface area contributed by atoms with Crippen molar-refractivity contribution < 1.29 is 14.4 Å². The average Bonchev–Trinajstić information content (AvgIpc) is 2.86. The van der Waals surface area contributed by atoms with E-state index in [9.17, 15) is 14.4 Å². The van der Waals surface area contributed by atoms with Crippen LogP contribution in [0.2, 0.25) is 0 Å². The minimum atomic E-state index is -0.497. The van der Waals surface area contributed by atoms with Crippen molar-refractivity contribution in [2.45, 2.75) is 13.3 Å². The zero-order chi connectivity index (χ0) is 25.2. The lowest BCUT2D eigenvalue weighted by Gasteiger charge is -2.14. The van der Waals surface area contributed by atoms with Crippen LogP contribution in [0.4, 0.5) is 23.1 Å². The highest BCUT2D eigenvalue weighted by molar-refractivity contribution is 5.97. The first-order valence-electron chi connectivity index (χ1n) is 11.0. The summed E-state index contributed by atoms with van der Waals surface area (Å²) < 4.78 is 0. The fraction of sp³-hybridized carbons (Fsp3) is 0.160. The Morgan fingerprint density at radius 2 is 1.86 bits per heavy atom. The van der Waals surface area contributed by atoms with Gasteiger partial charge in [-0.3, -0.25) is 14.4 Å². The quantitative estimate of drug-likeness (QED) is 0.268. The van der Waals surface area contributed by atoms with E-state index in [1.165, 1.54) is 0 Å². The van der Waals surface area contributed by atoms with Gasteiger partial charge in [0, 0.05) is 35.2 Å². The molecule has 6 N–H and O–H groups in total. The van der Waals surface area contributed by atoms with E-state index in [4.69, 9.17) is 5.73 Å². The van der Waals surface area contributed by atoms with Crippen LogP contribution in [-0.2, 0) is 9.59 Å². The highest BCUT2D eigenvalue weighted by Gasteiger charge is 2.12. The third-order valence-corrected chi connectivity index (χ3v) is 4.82. The smallest absolute Gasteiger partial charge is 0.248 e. The summed E-state index contributed by atoms with van der Waals surface area (Å²) in [7, 11) is 0. The lowest BCUT2D eigenvalue weighted by molar-refractivity contribution is -0.121. The van der Waals surface area contributed by atoms with Gasteiger partial charge in [0.05, 0.1) is 6.54 Å². The van der Waals surface area contributed by atoms with E-state index in [0.29, 0.717) is 35.2 Å². The van der Waals surface area contributed by atoms with Gasteiger partial charge in [-0.15, -0.1) is 0 Å². The molecule has 2 aromatic carbocycles. The van der Waals surface area contributed by atoms with Crippen LogP contribution in [0.1, 0.15) is 23.7 Å². The SMILES string of the molecule is C=CC(=O)NCC(=O)Nc1cccc(-c2cnc(Nc3ccc(C(N)=O)cc3)nc2NCCC)c1. The molecule has 0 spiro atoms. The molecule has 180 valence electrons. The maximum atomic E-state index is 12.1. The zero-order valence-corrected chi connectivity index (χ0v) is 19.3. The van der Waals surface area contributed by atoms with Crippen molar-refractivity contribution in [2.75, 3.05) is 29.0 Å². The number of carbonyl (C=O) groups excluding carboxylic acids is 3. The molecule has 0 saturated heterocycles. The maximum Gasteiger partial charge on any atom is 0.248 e. The first-order chi connectivity index (χ1) is 16.9. The molecular weight excluding hydrogens is 446 g/mol. The normalized spacial score (nSPS) is 10.2. The van der Waals surface area contributed by atoms with E-state index in [1.807, 2.05) is 12.1 Å². The minimum Gasteiger partial charge on any atom is -0.369 e. The van der Waals surface area contributed by atoms with E-state index in [2.05, 4.69) is 44.7 Å². The summed E-state index contributed by atoms with van der Waals surface area (Å²) in [5.74, 6) is -0.278. The second-order valence-corrected chi connectivity index (χ2v) is 7.50. The van der Waals surface area contributed by atoms with Crippen molar-refractivity contribution in [3.63, 3.8) is 0 Å². The number of hydrogen-bond acceptors (Lipinski definition) is 7. The molecule has 0 aliphatic rings. The third-order valence-electron chi connectivity index (χ3n) is 4.82. The van der Waals surface area contributed by atoms with E-state index in [-0.39, 0.29) is 12.5 Å². The van der Waals surface area contributed by atoms with Gasteiger partial charge in [-0.2, -0.15) is 4.98 Å². The number of rotatable bonds is 11. The highest BCUT2D eigenvalue weighted by atomic mass is 16.2. The molecule has 0 bridgehead atoms. The Hall–Kier alpha value is -4.73. The van der Waals surface area contributed by atoms with Crippen LogP contribution in [0.15, 0.2) is 67.4 Å². The lowest BCUT2D eigenvalue weighted by atomic mass is 10.1. The number of carbonyl (C=O) groups is 3. The van der Waals surface area contributed by atoms with Gasteiger partial charge >= 0.3 is 0 Å². The van der Waals surface area contributed by atoms with Crippen molar-refractivity contribution in [2.24, 2.45) is 5.73 Å². The van der Waals surface area contributed by atoms with E-state index < -0.39 is 11.8 Å². The van der Waals surface area contributed by atoms with Gasteiger partial charge in [-0.05, 0) is 54.5 Å². The minimum absolute atomic E-state index is 0.164. The van der Waals surface area contributed by atoms with Crippen LogP contribution < -0.4 is 27.0 Å². The van der Waals surface area contributed by atoms with Gasteiger partial charge in [0.1, 0.15) is 5.82 Å². The molecule has 1 aromatic heterocycles. The monoisotopic (exact) mass is 473 g/mol. The summed E-state index contributed by atoms with van der Waals surface area (Å²) in [6.07, 6.45) is 3.69. The second kappa shape index (κ2) is 11.9. The Bertz CT molecular complexity index is 1230. The molecule has 35 heavy (non-hydrogen) atoms. The van der Waals surface area contributed by atoms with Crippen LogP contribution >= 0.6 is 0 Å². The second-order valence-electron chi connectivity index (χ2n) is 7.50. The summed E-state index contributed by atoms with van der Waals surface area (Å²) in [6, 6.07) is 13.9. The Kier molecular flexibility index (Phi) is 8.49. The molecule has 0 aliphatic carbocycles. The standard InChI is InChI=1S/C25H27N7O3/c1-3-12-27-24-20(14-29-25(32-24)31-18-10-8-16(9-11-18)23(26)35)17-6-5-7-19(13-17)30-22(34)15-28-21(33)4-2/h4-11,13-14H,2-3,12,15H2,1H3,(H2,26,35)(H,28,33)(H,30,34)(H2,27,29,31,32). The van der Waals surface area contributed by atoms with Crippen LogP contribution in [0, 0.1) is 0 Å². The number of amides is 3. The molecule has 0 aliphatic heterocycles. The number of aromatic nitrogens is 2. The Morgan fingerprint density at radius 1 is 1.09 bits per heavy atom. The number of nitrogens with one attached hydrogen (secondary N) is 4. The summed E-state index contributed by atoms with van der Waals surface area (Å²) in [5.41, 5.74) is 8.53. The van der Waals surface area contributed by atoms with Gasteiger partial charge in [-0.25, -0.2) is 4.98 Å². The molecule has 0 atom stereocenters. The topological polar surface area (TPSA) is 151 Å². The van der Waals surface area contributed by atoms with Crippen LogP contribution in [0.3, 0.4) is 0 Å². The largest absolute Gasteiger partial charge is 0.369 e.